The van der Waals surface area contributed by atoms with E-state index >= 15 is 0 Å². The number of amides is 1. The Labute approximate surface area is 194 Å². The van der Waals surface area contributed by atoms with E-state index in [0.29, 0.717) is 23.3 Å². The van der Waals surface area contributed by atoms with Gasteiger partial charge in [-0.1, -0.05) is 24.9 Å². The minimum absolute atomic E-state index is 0.0171. The molecule has 0 aliphatic rings. The Kier molecular flexibility index (Phi) is 6.96. The van der Waals surface area contributed by atoms with E-state index in [1.807, 2.05) is 0 Å². The molecule has 1 amide bonds. The SMILES string of the molecule is Cc1ccc(CNc2nc(Nc3cc(C(N)=O)ccc3C)ncc2C(F)(F)F)c(N(C)S)n1. The van der Waals surface area contributed by atoms with Crippen molar-refractivity contribution in [1.29, 1.82) is 0 Å². The number of halogens is 3. The molecule has 4 N–H and O–H groups in total. The first kappa shape index (κ1) is 24.1. The van der Waals surface area contributed by atoms with Gasteiger partial charge in [0.25, 0.3) is 0 Å². The number of aryl methyl sites for hydroxylation is 2. The van der Waals surface area contributed by atoms with Gasteiger partial charge in [0.05, 0.1) is 0 Å². The van der Waals surface area contributed by atoms with Crippen LogP contribution in [0.4, 0.5) is 36.4 Å². The number of primary amides is 1. The summed E-state index contributed by atoms with van der Waals surface area (Å²) in [5, 5.41) is 5.59. The van der Waals surface area contributed by atoms with Crippen molar-refractivity contribution in [1.82, 2.24) is 15.0 Å². The van der Waals surface area contributed by atoms with E-state index in [1.165, 1.54) is 10.4 Å². The third kappa shape index (κ3) is 5.83. The molecule has 174 valence electrons. The molecule has 0 aliphatic carbocycles. The number of rotatable bonds is 7. The zero-order chi connectivity index (χ0) is 24.3. The lowest BCUT2D eigenvalue weighted by Crippen LogP contribution is -2.16. The van der Waals surface area contributed by atoms with Crippen molar-refractivity contribution in [2.75, 3.05) is 22.0 Å². The number of hydrogen-bond donors (Lipinski definition) is 4. The molecule has 0 spiro atoms. The standard InChI is InChI=1S/C21H22F3N7OS/c1-11-4-6-13(17(25)32)8-16(11)29-20-27-10-15(21(22,23)24)18(30-20)26-9-14-7-5-12(2)28-19(14)31(3)33/h4-8,10,33H,9H2,1-3H3,(H2,25,32)(H2,26,27,29,30). The van der Waals surface area contributed by atoms with Crippen LogP contribution in [0.25, 0.3) is 0 Å². The first-order valence-electron chi connectivity index (χ1n) is 9.70. The van der Waals surface area contributed by atoms with E-state index in [1.54, 1.807) is 45.2 Å². The van der Waals surface area contributed by atoms with Gasteiger partial charge in [0.1, 0.15) is 17.2 Å². The van der Waals surface area contributed by atoms with Crippen LogP contribution >= 0.6 is 12.8 Å². The molecule has 1 aromatic carbocycles. The average Bonchev–Trinajstić information content (AvgIpc) is 2.73. The lowest BCUT2D eigenvalue weighted by Gasteiger charge is -2.18. The van der Waals surface area contributed by atoms with Gasteiger partial charge in [0.2, 0.25) is 11.9 Å². The summed E-state index contributed by atoms with van der Waals surface area (Å²) in [6.45, 7) is 3.58. The first-order chi connectivity index (χ1) is 15.5. The Bertz CT molecular complexity index is 1190. The fraction of sp³-hybridized carbons (Fsp3) is 0.238. The Balaban J connectivity index is 1.94. The zero-order valence-corrected chi connectivity index (χ0v) is 18.9. The molecule has 0 aliphatic heterocycles. The normalized spacial score (nSPS) is 11.2. The Morgan fingerprint density at radius 3 is 2.55 bits per heavy atom. The number of aromatic nitrogens is 3. The van der Waals surface area contributed by atoms with Crippen molar-refractivity contribution in [2.45, 2.75) is 26.6 Å². The average molecular weight is 478 g/mol. The summed E-state index contributed by atoms with van der Waals surface area (Å²) < 4.78 is 42.2. The minimum atomic E-state index is -4.67. The van der Waals surface area contributed by atoms with Crippen LogP contribution in [0.3, 0.4) is 0 Å². The molecule has 0 bridgehead atoms. The molecule has 0 unspecified atom stereocenters. The number of nitrogens with zero attached hydrogens (tertiary/aromatic N) is 4. The highest BCUT2D eigenvalue weighted by molar-refractivity contribution is 7.81. The summed E-state index contributed by atoms with van der Waals surface area (Å²) in [7, 11) is 1.67. The van der Waals surface area contributed by atoms with Crippen molar-refractivity contribution in [3.05, 3.63) is 64.5 Å². The van der Waals surface area contributed by atoms with Crippen LogP contribution in [0.2, 0.25) is 0 Å². The second kappa shape index (κ2) is 9.53. The predicted molar refractivity (Wildman–Crippen MR) is 124 cm³/mol. The molecule has 8 nitrogen and oxygen atoms in total. The van der Waals surface area contributed by atoms with Crippen LogP contribution in [0.1, 0.15) is 32.7 Å². The highest BCUT2D eigenvalue weighted by Gasteiger charge is 2.35. The third-order valence-electron chi connectivity index (χ3n) is 4.71. The fourth-order valence-corrected chi connectivity index (χ4v) is 3.16. The molecule has 0 atom stereocenters. The smallest absolute Gasteiger partial charge is 0.366 e. The lowest BCUT2D eigenvalue weighted by atomic mass is 10.1. The Hall–Kier alpha value is -3.54. The maximum Gasteiger partial charge on any atom is 0.421 e. The van der Waals surface area contributed by atoms with E-state index in [0.717, 1.165) is 11.3 Å². The molecule has 2 aromatic heterocycles. The van der Waals surface area contributed by atoms with Crippen LogP contribution < -0.4 is 20.7 Å². The van der Waals surface area contributed by atoms with Crippen LogP contribution in [-0.2, 0) is 12.7 Å². The molecule has 2 heterocycles. The molecule has 0 saturated heterocycles. The zero-order valence-electron chi connectivity index (χ0n) is 18.0. The summed E-state index contributed by atoms with van der Waals surface area (Å²) in [4.78, 5) is 23.7. The van der Waals surface area contributed by atoms with Crippen LogP contribution in [0.15, 0.2) is 36.5 Å². The number of anilines is 4. The van der Waals surface area contributed by atoms with E-state index in [4.69, 9.17) is 5.73 Å². The molecule has 12 heteroatoms. The summed E-state index contributed by atoms with van der Waals surface area (Å²) in [5.74, 6) is -0.614. The van der Waals surface area contributed by atoms with Crippen molar-refractivity contribution in [3.63, 3.8) is 0 Å². The quantitative estimate of drug-likeness (QED) is 0.377. The number of carbonyl (C=O) groups excluding carboxylic acids is 1. The van der Waals surface area contributed by atoms with Gasteiger partial charge >= 0.3 is 6.18 Å². The molecule has 0 radical (unpaired) electrons. The second-order valence-electron chi connectivity index (χ2n) is 7.29. The van der Waals surface area contributed by atoms with E-state index in [9.17, 15) is 18.0 Å². The van der Waals surface area contributed by atoms with Crippen LogP contribution in [0.5, 0.6) is 0 Å². The summed E-state index contributed by atoms with van der Waals surface area (Å²) in [6.07, 6.45) is -3.97. The van der Waals surface area contributed by atoms with Gasteiger partial charge in [-0.3, -0.25) is 4.79 Å². The highest BCUT2D eigenvalue weighted by Crippen LogP contribution is 2.35. The second-order valence-corrected chi connectivity index (χ2v) is 7.89. The van der Waals surface area contributed by atoms with E-state index < -0.39 is 23.5 Å². The Morgan fingerprint density at radius 1 is 1.18 bits per heavy atom. The lowest BCUT2D eigenvalue weighted by molar-refractivity contribution is -0.137. The van der Waals surface area contributed by atoms with Crippen molar-refractivity contribution in [3.8, 4) is 0 Å². The van der Waals surface area contributed by atoms with Gasteiger partial charge in [0, 0.05) is 42.3 Å². The van der Waals surface area contributed by atoms with Gasteiger partial charge in [-0.15, -0.1) is 0 Å². The highest BCUT2D eigenvalue weighted by atomic mass is 32.1. The maximum atomic E-state index is 13.6. The molecular formula is C21H22F3N7OS. The Morgan fingerprint density at radius 2 is 1.91 bits per heavy atom. The number of thiol groups is 1. The van der Waals surface area contributed by atoms with Gasteiger partial charge in [-0.25, -0.2) is 9.97 Å². The summed E-state index contributed by atoms with van der Waals surface area (Å²) >= 11 is 4.25. The summed E-state index contributed by atoms with van der Waals surface area (Å²) in [5.41, 5.74) is 7.07. The fourth-order valence-electron chi connectivity index (χ4n) is 2.98. The van der Waals surface area contributed by atoms with E-state index in [2.05, 4.69) is 38.4 Å². The van der Waals surface area contributed by atoms with Crippen LogP contribution in [0, 0.1) is 13.8 Å². The van der Waals surface area contributed by atoms with Crippen LogP contribution in [-0.4, -0.2) is 27.9 Å². The number of benzene rings is 1. The molecule has 33 heavy (non-hydrogen) atoms. The first-order valence-corrected chi connectivity index (χ1v) is 10.1. The van der Waals surface area contributed by atoms with Crippen molar-refractivity contribution in [2.24, 2.45) is 5.73 Å². The molecular weight excluding hydrogens is 455 g/mol. The largest absolute Gasteiger partial charge is 0.421 e. The number of pyridine rings is 1. The number of nitrogens with one attached hydrogen (secondary N) is 2. The van der Waals surface area contributed by atoms with E-state index in [-0.39, 0.29) is 18.1 Å². The van der Waals surface area contributed by atoms with Crippen molar-refractivity contribution < 1.29 is 18.0 Å². The van der Waals surface area contributed by atoms with Gasteiger partial charge in [-0.2, -0.15) is 18.2 Å². The maximum absolute atomic E-state index is 13.6. The van der Waals surface area contributed by atoms with Crippen molar-refractivity contribution >= 4 is 42.0 Å². The van der Waals surface area contributed by atoms with Gasteiger partial charge < -0.3 is 20.7 Å². The van der Waals surface area contributed by atoms with Gasteiger partial charge in [0.15, 0.2) is 0 Å². The monoisotopic (exact) mass is 477 g/mol. The number of alkyl halides is 3. The molecule has 3 aromatic rings. The minimum Gasteiger partial charge on any atom is -0.366 e. The van der Waals surface area contributed by atoms with Gasteiger partial charge in [-0.05, 0) is 37.6 Å². The predicted octanol–water partition coefficient (Wildman–Crippen LogP) is 4.24. The number of carbonyl (C=O) groups is 1. The summed E-state index contributed by atoms with van der Waals surface area (Å²) in [6, 6.07) is 8.20. The molecule has 3 rings (SSSR count). The topological polar surface area (TPSA) is 109 Å². The third-order valence-corrected chi connectivity index (χ3v) is 4.90. The molecule has 0 fully saturated rings. The molecule has 0 saturated carbocycles. The number of hydrogen-bond acceptors (Lipinski definition) is 8. The number of nitrogens with two attached hydrogens (primary N) is 1.